The van der Waals surface area contributed by atoms with Crippen LogP contribution >= 0.6 is 11.6 Å². The van der Waals surface area contributed by atoms with Crippen LogP contribution in [0.3, 0.4) is 0 Å². The van der Waals surface area contributed by atoms with E-state index in [0.717, 1.165) is 11.3 Å². The fraction of sp³-hybridized carbons (Fsp3) is 0.308. The van der Waals surface area contributed by atoms with E-state index >= 15 is 0 Å². The van der Waals surface area contributed by atoms with Gasteiger partial charge in [0, 0.05) is 22.7 Å². The number of rotatable bonds is 4. The number of aryl methyl sites for hydroxylation is 1. The van der Waals surface area contributed by atoms with E-state index in [1.807, 2.05) is 32.0 Å². The Bertz CT molecular complexity index is 538. The molecule has 0 saturated heterocycles. The van der Waals surface area contributed by atoms with Gasteiger partial charge in [-0.1, -0.05) is 16.8 Å². The van der Waals surface area contributed by atoms with E-state index in [4.69, 9.17) is 26.6 Å². The highest BCUT2D eigenvalue weighted by Crippen LogP contribution is 2.27. The van der Waals surface area contributed by atoms with Gasteiger partial charge in [-0.05, 0) is 32.0 Å². The minimum Gasteiger partial charge on any atom is -0.485 e. The minimum atomic E-state index is -0.143. The van der Waals surface area contributed by atoms with Crippen molar-refractivity contribution < 1.29 is 9.26 Å². The van der Waals surface area contributed by atoms with Crippen LogP contribution in [0.25, 0.3) is 0 Å². The summed E-state index contributed by atoms with van der Waals surface area (Å²) in [5.74, 6) is 1.39. The first kappa shape index (κ1) is 12.9. The summed E-state index contributed by atoms with van der Waals surface area (Å²) in [6.07, 6.45) is 0. The van der Waals surface area contributed by atoms with E-state index in [0.29, 0.717) is 23.1 Å². The molecule has 1 atom stereocenters. The molecular formula is C13H15ClN2O2. The number of nitrogens with two attached hydrogens (primary N) is 1. The van der Waals surface area contributed by atoms with Gasteiger partial charge in [-0.15, -0.1) is 0 Å². The van der Waals surface area contributed by atoms with Gasteiger partial charge in [0.05, 0.1) is 5.69 Å². The molecule has 0 saturated carbocycles. The zero-order chi connectivity index (χ0) is 13.1. The largest absolute Gasteiger partial charge is 0.485 e. The zero-order valence-electron chi connectivity index (χ0n) is 10.3. The topological polar surface area (TPSA) is 61.3 Å². The first-order valence-corrected chi connectivity index (χ1v) is 6.04. The van der Waals surface area contributed by atoms with Crippen molar-refractivity contribution in [3.05, 3.63) is 46.3 Å². The Morgan fingerprint density at radius 1 is 1.44 bits per heavy atom. The van der Waals surface area contributed by atoms with Crippen LogP contribution in [0.1, 0.15) is 30.0 Å². The van der Waals surface area contributed by atoms with E-state index in [2.05, 4.69) is 5.16 Å². The van der Waals surface area contributed by atoms with Crippen LogP contribution < -0.4 is 10.5 Å². The Morgan fingerprint density at radius 2 is 2.22 bits per heavy atom. The van der Waals surface area contributed by atoms with Crippen molar-refractivity contribution in [3.63, 3.8) is 0 Å². The maximum absolute atomic E-state index is 5.94. The van der Waals surface area contributed by atoms with Crippen LogP contribution in [-0.4, -0.2) is 5.16 Å². The molecular weight excluding hydrogens is 252 g/mol. The Morgan fingerprint density at radius 3 is 2.83 bits per heavy atom. The van der Waals surface area contributed by atoms with Gasteiger partial charge in [0.25, 0.3) is 0 Å². The highest BCUT2D eigenvalue weighted by molar-refractivity contribution is 6.30. The maximum Gasteiger partial charge on any atom is 0.174 e. The molecule has 0 unspecified atom stereocenters. The number of aromatic nitrogens is 1. The number of hydrogen-bond donors (Lipinski definition) is 1. The molecule has 0 aliphatic rings. The summed E-state index contributed by atoms with van der Waals surface area (Å²) in [7, 11) is 0. The fourth-order valence-corrected chi connectivity index (χ4v) is 1.82. The Hall–Kier alpha value is -1.52. The number of halogens is 1. The molecule has 2 N–H and O–H groups in total. The number of nitrogens with zero attached hydrogens (tertiary/aromatic N) is 1. The molecule has 1 aromatic carbocycles. The van der Waals surface area contributed by atoms with Crippen molar-refractivity contribution >= 4 is 11.6 Å². The quantitative estimate of drug-likeness (QED) is 0.923. The number of benzene rings is 1. The van der Waals surface area contributed by atoms with E-state index < -0.39 is 0 Å². The highest BCUT2D eigenvalue weighted by atomic mass is 35.5. The van der Waals surface area contributed by atoms with Crippen LogP contribution in [0.15, 0.2) is 28.8 Å². The van der Waals surface area contributed by atoms with Crippen LogP contribution in [0.2, 0.25) is 5.02 Å². The predicted molar refractivity (Wildman–Crippen MR) is 69.6 cm³/mol. The van der Waals surface area contributed by atoms with Crippen molar-refractivity contribution in [3.8, 4) is 5.75 Å². The molecule has 4 nitrogen and oxygen atoms in total. The molecule has 18 heavy (non-hydrogen) atoms. The number of ether oxygens (including phenoxy) is 1. The second-order valence-corrected chi connectivity index (χ2v) is 4.63. The molecule has 96 valence electrons. The van der Waals surface area contributed by atoms with E-state index in [9.17, 15) is 0 Å². The average molecular weight is 267 g/mol. The fourth-order valence-electron chi connectivity index (χ4n) is 1.64. The van der Waals surface area contributed by atoms with Crippen molar-refractivity contribution in [1.82, 2.24) is 5.16 Å². The lowest BCUT2D eigenvalue weighted by atomic mass is 10.1. The van der Waals surface area contributed by atoms with Crippen molar-refractivity contribution in [2.24, 2.45) is 5.73 Å². The van der Waals surface area contributed by atoms with Gasteiger partial charge in [-0.2, -0.15) is 0 Å². The second-order valence-electron chi connectivity index (χ2n) is 4.19. The molecule has 1 aromatic heterocycles. The van der Waals surface area contributed by atoms with Gasteiger partial charge < -0.3 is 15.0 Å². The van der Waals surface area contributed by atoms with Gasteiger partial charge in [0.1, 0.15) is 12.4 Å². The third kappa shape index (κ3) is 3.03. The smallest absolute Gasteiger partial charge is 0.174 e. The molecule has 1 heterocycles. The summed E-state index contributed by atoms with van der Waals surface area (Å²) >= 11 is 5.94. The van der Waals surface area contributed by atoms with Crippen LogP contribution in [-0.2, 0) is 6.61 Å². The summed E-state index contributed by atoms with van der Waals surface area (Å²) in [6, 6.07) is 7.09. The summed E-state index contributed by atoms with van der Waals surface area (Å²) in [5, 5.41) is 4.44. The molecule has 0 radical (unpaired) electrons. The molecule has 2 aromatic rings. The Labute approximate surface area is 111 Å². The van der Waals surface area contributed by atoms with Crippen molar-refractivity contribution in [2.45, 2.75) is 26.5 Å². The lowest BCUT2D eigenvalue weighted by Crippen LogP contribution is -2.08. The third-order valence-corrected chi connectivity index (χ3v) is 2.74. The lowest BCUT2D eigenvalue weighted by Gasteiger charge is -2.13. The Kier molecular flexibility index (Phi) is 3.89. The van der Waals surface area contributed by atoms with Gasteiger partial charge in [0.2, 0.25) is 0 Å². The summed E-state index contributed by atoms with van der Waals surface area (Å²) in [4.78, 5) is 0. The summed E-state index contributed by atoms with van der Waals surface area (Å²) in [5.41, 5.74) is 7.59. The minimum absolute atomic E-state index is 0.143. The molecule has 0 fully saturated rings. The van der Waals surface area contributed by atoms with Gasteiger partial charge in [-0.25, -0.2) is 0 Å². The standard InChI is InChI=1S/C13H15ClN2O2/c1-8-5-11(18-16-8)7-17-13-4-3-10(14)6-12(13)9(2)15/h3-6,9H,7,15H2,1-2H3/t9-/m1/s1. The number of hydrogen-bond acceptors (Lipinski definition) is 4. The molecule has 0 spiro atoms. The van der Waals surface area contributed by atoms with Crippen LogP contribution in [0.4, 0.5) is 0 Å². The molecule has 5 heteroatoms. The predicted octanol–water partition coefficient (Wildman–Crippen LogP) is 3.24. The first-order chi connectivity index (χ1) is 8.56. The normalized spacial score (nSPS) is 12.4. The van der Waals surface area contributed by atoms with Gasteiger partial charge in [-0.3, -0.25) is 0 Å². The van der Waals surface area contributed by atoms with Crippen molar-refractivity contribution in [1.29, 1.82) is 0 Å². The Balaban J connectivity index is 2.13. The van der Waals surface area contributed by atoms with E-state index in [-0.39, 0.29) is 6.04 Å². The van der Waals surface area contributed by atoms with E-state index in [1.54, 1.807) is 6.07 Å². The molecule has 0 bridgehead atoms. The molecule has 2 rings (SSSR count). The molecule has 0 aliphatic heterocycles. The highest BCUT2D eigenvalue weighted by Gasteiger charge is 2.10. The lowest BCUT2D eigenvalue weighted by molar-refractivity contribution is 0.246. The van der Waals surface area contributed by atoms with Gasteiger partial charge in [0.15, 0.2) is 5.76 Å². The SMILES string of the molecule is Cc1cc(COc2ccc(Cl)cc2[C@@H](C)N)on1. The van der Waals surface area contributed by atoms with Gasteiger partial charge >= 0.3 is 0 Å². The second kappa shape index (κ2) is 5.42. The monoisotopic (exact) mass is 266 g/mol. The summed E-state index contributed by atoms with van der Waals surface area (Å²) < 4.78 is 10.8. The first-order valence-electron chi connectivity index (χ1n) is 5.66. The van der Waals surface area contributed by atoms with E-state index in [1.165, 1.54) is 0 Å². The molecule has 0 aliphatic carbocycles. The summed E-state index contributed by atoms with van der Waals surface area (Å²) in [6.45, 7) is 4.07. The maximum atomic E-state index is 5.94. The van der Waals surface area contributed by atoms with Crippen molar-refractivity contribution in [2.75, 3.05) is 0 Å². The zero-order valence-corrected chi connectivity index (χ0v) is 11.1. The van der Waals surface area contributed by atoms with Crippen LogP contribution in [0.5, 0.6) is 5.75 Å². The van der Waals surface area contributed by atoms with Crippen LogP contribution in [0, 0.1) is 6.92 Å². The third-order valence-electron chi connectivity index (χ3n) is 2.51. The average Bonchev–Trinajstić information content (AvgIpc) is 2.73. The molecule has 0 amide bonds.